The van der Waals surface area contributed by atoms with Gasteiger partial charge in [-0.3, -0.25) is 4.79 Å². The Morgan fingerprint density at radius 3 is 2.85 bits per heavy atom. The summed E-state index contributed by atoms with van der Waals surface area (Å²) in [4.78, 5) is 15.5. The topological polar surface area (TPSA) is 32.3 Å². The number of likely N-dealkylation sites (tertiary alicyclic amines) is 1. The van der Waals surface area contributed by atoms with Gasteiger partial charge in [-0.25, -0.2) is 0 Å². The van der Waals surface area contributed by atoms with Crippen molar-refractivity contribution >= 4 is 17.7 Å². The lowest BCUT2D eigenvalue weighted by Gasteiger charge is -2.20. The molecule has 0 radical (unpaired) electrons. The van der Waals surface area contributed by atoms with Crippen molar-refractivity contribution in [3.05, 3.63) is 29.8 Å². The van der Waals surface area contributed by atoms with Crippen molar-refractivity contribution in [2.24, 2.45) is 0 Å². The minimum Gasteiger partial charge on any atom is -0.342 e. The van der Waals surface area contributed by atoms with Crippen LogP contribution < -0.4 is 5.32 Å². The van der Waals surface area contributed by atoms with Crippen LogP contribution in [-0.2, 0) is 11.3 Å². The minimum atomic E-state index is 0.00230. The van der Waals surface area contributed by atoms with Gasteiger partial charge in [-0.15, -0.1) is 11.8 Å². The smallest absolute Gasteiger partial charge is 0.235 e. The SMILES string of the molecule is CCNCc1cccc(SC(C)C(=O)N2CCCC2)c1. The maximum absolute atomic E-state index is 12.3. The highest BCUT2D eigenvalue weighted by atomic mass is 32.2. The molecule has 0 spiro atoms. The number of carbonyl (C=O) groups excluding carboxylic acids is 1. The van der Waals surface area contributed by atoms with Crippen LogP contribution in [0.1, 0.15) is 32.3 Å². The van der Waals surface area contributed by atoms with E-state index < -0.39 is 0 Å². The third-order valence-electron chi connectivity index (χ3n) is 3.56. The molecule has 0 saturated carbocycles. The second kappa shape index (κ2) is 7.70. The molecule has 1 amide bonds. The van der Waals surface area contributed by atoms with Gasteiger partial charge in [0.05, 0.1) is 5.25 Å². The van der Waals surface area contributed by atoms with E-state index in [0.29, 0.717) is 0 Å². The first-order valence-corrected chi connectivity index (χ1v) is 8.33. The Morgan fingerprint density at radius 2 is 2.15 bits per heavy atom. The predicted octanol–water partition coefficient (Wildman–Crippen LogP) is 2.90. The van der Waals surface area contributed by atoms with Gasteiger partial charge in [0.25, 0.3) is 0 Å². The average Bonchev–Trinajstić information content (AvgIpc) is 2.98. The number of nitrogens with one attached hydrogen (secondary N) is 1. The number of benzene rings is 1. The molecule has 1 aliphatic heterocycles. The number of hydrogen-bond acceptors (Lipinski definition) is 3. The highest BCUT2D eigenvalue weighted by molar-refractivity contribution is 8.00. The van der Waals surface area contributed by atoms with Gasteiger partial charge in [0.2, 0.25) is 5.91 Å². The third-order valence-corrected chi connectivity index (χ3v) is 4.64. The van der Waals surface area contributed by atoms with E-state index in [0.717, 1.165) is 39.0 Å². The van der Waals surface area contributed by atoms with Crippen LogP contribution in [0.2, 0.25) is 0 Å². The molecule has 0 bridgehead atoms. The molecule has 4 heteroatoms. The molecule has 3 nitrogen and oxygen atoms in total. The fraction of sp³-hybridized carbons (Fsp3) is 0.562. The lowest BCUT2D eigenvalue weighted by atomic mass is 10.2. The highest BCUT2D eigenvalue weighted by Gasteiger charge is 2.23. The minimum absolute atomic E-state index is 0.00230. The molecule has 2 rings (SSSR count). The van der Waals surface area contributed by atoms with Crippen LogP contribution in [0.3, 0.4) is 0 Å². The molecule has 1 aromatic carbocycles. The molecular formula is C16H24N2OS. The van der Waals surface area contributed by atoms with Gasteiger partial charge in [-0.05, 0) is 44.0 Å². The molecule has 1 aromatic rings. The molecule has 1 saturated heterocycles. The van der Waals surface area contributed by atoms with E-state index in [1.165, 1.54) is 10.5 Å². The van der Waals surface area contributed by atoms with Crippen molar-refractivity contribution in [1.29, 1.82) is 0 Å². The molecule has 110 valence electrons. The summed E-state index contributed by atoms with van der Waals surface area (Å²) in [6.45, 7) is 7.85. The van der Waals surface area contributed by atoms with Gasteiger partial charge in [0.15, 0.2) is 0 Å². The number of carbonyl (C=O) groups is 1. The molecule has 0 aliphatic carbocycles. The van der Waals surface area contributed by atoms with E-state index in [1.807, 2.05) is 11.8 Å². The van der Waals surface area contributed by atoms with Gasteiger partial charge < -0.3 is 10.2 Å². The van der Waals surface area contributed by atoms with Gasteiger partial charge in [0, 0.05) is 24.5 Å². The molecule has 1 aliphatic rings. The molecule has 1 N–H and O–H groups in total. The van der Waals surface area contributed by atoms with Crippen LogP contribution in [0.5, 0.6) is 0 Å². The molecule has 1 atom stereocenters. The van der Waals surface area contributed by atoms with Crippen molar-refractivity contribution in [3.8, 4) is 0 Å². The van der Waals surface area contributed by atoms with Crippen molar-refractivity contribution in [2.75, 3.05) is 19.6 Å². The fourth-order valence-electron chi connectivity index (χ4n) is 2.45. The summed E-state index contributed by atoms with van der Waals surface area (Å²) < 4.78 is 0. The lowest BCUT2D eigenvalue weighted by Crippen LogP contribution is -2.33. The molecule has 1 unspecified atom stereocenters. The van der Waals surface area contributed by atoms with E-state index >= 15 is 0 Å². The number of nitrogens with zero attached hydrogens (tertiary/aromatic N) is 1. The van der Waals surface area contributed by atoms with Crippen LogP contribution in [0.15, 0.2) is 29.2 Å². The molecule has 1 fully saturated rings. The van der Waals surface area contributed by atoms with Crippen LogP contribution in [-0.4, -0.2) is 35.7 Å². The average molecular weight is 292 g/mol. The third kappa shape index (κ3) is 4.25. The van der Waals surface area contributed by atoms with Crippen molar-refractivity contribution in [2.45, 2.75) is 43.4 Å². The van der Waals surface area contributed by atoms with E-state index in [-0.39, 0.29) is 11.2 Å². The maximum atomic E-state index is 12.3. The first-order chi connectivity index (χ1) is 9.70. The molecule has 0 aromatic heterocycles. The van der Waals surface area contributed by atoms with Gasteiger partial charge in [-0.1, -0.05) is 19.1 Å². The first kappa shape index (κ1) is 15.4. The summed E-state index contributed by atoms with van der Waals surface area (Å²) >= 11 is 1.67. The Morgan fingerprint density at radius 1 is 1.40 bits per heavy atom. The van der Waals surface area contributed by atoms with Crippen molar-refractivity contribution in [1.82, 2.24) is 10.2 Å². The number of thioether (sulfide) groups is 1. The van der Waals surface area contributed by atoms with Crippen LogP contribution in [0.4, 0.5) is 0 Å². The Kier molecular flexibility index (Phi) is 5.92. The fourth-order valence-corrected chi connectivity index (χ4v) is 3.48. The zero-order chi connectivity index (χ0) is 14.4. The van der Waals surface area contributed by atoms with E-state index in [4.69, 9.17) is 0 Å². The second-order valence-electron chi connectivity index (χ2n) is 5.22. The van der Waals surface area contributed by atoms with Crippen molar-refractivity contribution in [3.63, 3.8) is 0 Å². The quantitative estimate of drug-likeness (QED) is 0.818. The summed E-state index contributed by atoms with van der Waals surface area (Å²) in [5.74, 6) is 0.282. The standard InChI is InChI=1S/C16H24N2OS/c1-3-17-12-14-7-6-8-15(11-14)20-13(2)16(19)18-9-4-5-10-18/h6-8,11,13,17H,3-5,9-10,12H2,1-2H3. The number of amides is 1. The molecular weight excluding hydrogens is 268 g/mol. The zero-order valence-corrected chi connectivity index (χ0v) is 13.2. The van der Waals surface area contributed by atoms with Gasteiger partial charge >= 0.3 is 0 Å². The van der Waals surface area contributed by atoms with Crippen molar-refractivity contribution < 1.29 is 4.79 Å². The molecule has 1 heterocycles. The summed E-state index contributed by atoms with van der Waals surface area (Å²) in [5, 5.41) is 3.33. The Hall–Kier alpha value is -1.00. The summed E-state index contributed by atoms with van der Waals surface area (Å²) in [5.41, 5.74) is 1.28. The van der Waals surface area contributed by atoms with Crippen LogP contribution in [0.25, 0.3) is 0 Å². The Labute approximate surface area is 126 Å². The Bertz CT molecular complexity index is 444. The summed E-state index contributed by atoms with van der Waals surface area (Å²) in [7, 11) is 0. The normalized spacial score (nSPS) is 16.4. The summed E-state index contributed by atoms with van der Waals surface area (Å²) in [6, 6.07) is 8.47. The second-order valence-corrected chi connectivity index (χ2v) is 6.63. The molecule has 20 heavy (non-hydrogen) atoms. The predicted molar refractivity (Wildman–Crippen MR) is 85.0 cm³/mol. The van der Waals surface area contributed by atoms with Crippen LogP contribution in [0, 0.1) is 0 Å². The van der Waals surface area contributed by atoms with Gasteiger partial charge in [0.1, 0.15) is 0 Å². The largest absolute Gasteiger partial charge is 0.342 e. The van der Waals surface area contributed by atoms with E-state index in [1.54, 1.807) is 11.8 Å². The monoisotopic (exact) mass is 292 g/mol. The van der Waals surface area contributed by atoms with E-state index in [2.05, 4.69) is 36.5 Å². The van der Waals surface area contributed by atoms with Crippen LogP contribution >= 0.6 is 11.8 Å². The zero-order valence-electron chi connectivity index (χ0n) is 12.4. The summed E-state index contributed by atoms with van der Waals surface area (Å²) in [6.07, 6.45) is 2.31. The first-order valence-electron chi connectivity index (χ1n) is 7.46. The van der Waals surface area contributed by atoms with Gasteiger partial charge in [-0.2, -0.15) is 0 Å². The highest BCUT2D eigenvalue weighted by Crippen LogP contribution is 2.26. The number of rotatable bonds is 6. The van der Waals surface area contributed by atoms with E-state index in [9.17, 15) is 4.79 Å². The lowest BCUT2D eigenvalue weighted by molar-refractivity contribution is -0.129. The Balaban J connectivity index is 1.92. The maximum Gasteiger partial charge on any atom is 0.235 e. The number of hydrogen-bond donors (Lipinski definition) is 1.